The number of aliphatic carboxylic acids is 1. The van der Waals surface area contributed by atoms with E-state index in [-0.39, 0.29) is 12.4 Å². The maximum atomic E-state index is 13.4. The molecule has 102 valence electrons. The summed E-state index contributed by atoms with van der Waals surface area (Å²) in [7, 11) is 0. The fourth-order valence-corrected chi connectivity index (χ4v) is 2.18. The van der Waals surface area contributed by atoms with Gasteiger partial charge in [-0.1, -0.05) is 18.2 Å². The largest absolute Gasteiger partial charge is 0.480 e. The van der Waals surface area contributed by atoms with Gasteiger partial charge in [-0.2, -0.15) is 0 Å². The molecule has 2 N–H and O–H groups in total. The van der Waals surface area contributed by atoms with Crippen LogP contribution in [0.4, 0.5) is 9.18 Å². The number of carbonyl (C=O) groups is 2. The summed E-state index contributed by atoms with van der Waals surface area (Å²) in [5.41, 5.74) is 0.377. The summed E-state index contributed by atoms with van der Waals surface area (Å²) in [6.07, 6.45) is 1.13. The molecule has 1 aromatic carbocycles. The Morgan fingerprint density at radius 3 is 2.84 bits per heavy atom. The van der Waals surface area contributed by atoms with Crippen molar-refractivity contribution in [3.63, 3.8) is 0 Å². The lowest BCUT2D eigenvalue weighted by Crippen LogP contribution is -2.45. The Kier molecular flexibility index (Phi) is 3.99. The Hall–Kier alpha value is -2.11. The normalized spacial score (nSPS) is 18.4. The molecule has 2 rings (SSSR count). The van der Waals surface area contributed by atoms with Crippen molar-refractivity contribution < 1.29 is 19.1 Å². The molecule has 1 atom stereocenters. The van der Waals surface area contributed by atoms with Gasteiger partial charge in [-0.3, -0.25) is 0 Å². The number of carboxylic acids is 1. The molecule has 1 fully saturated rings. The van der Waals surface area contributed by atoms with Crippen LogP contribution in [0.1, 0.15) is 18.4 Å². The zero-order valence-electron chi connectivity index (χ0n) is 10.3. The van der Waals surface area contributed by atoms with Crippen LogP contribution < -0.4 is 5.32 Å². The minimum Gasteiger partial charge on any atom is -0.480 e. The third-order valence-corrected chi connectivity index (χ3v) is 3.19. The Labute approximate surface area is 110 Å². The molecule has 0 aliphatic carbocycles. The Balaban J connectivity index is 1.95. The second-order valence-electron chi connectivity index (χ2n) is 4.44. The number of hydrogen-bond acceptors (Lipinski definition) is 2. The van der Waals surface area contributed by atoms with Crippen LogP contribution in [-0.4, -0.2) is 34.6 Å². The third-order valence-electron chi connectivity index (χ3n) is 3.19. The van der Waals surface area contributed by atoms with Crippen LogP contribution in [-0.2, 0) is 11.3 Å². The smallest absolute Gasteiger partial charge is 0.326 e. The van der Waals surface area contributed by atoms with Crippen LogP contribution in [0.5, 0.6) is 0 Å². The summed E-state index contributed by atoms with van der Waals surface area (Å²) in [6.45, 7) is 0.467. The zero-order chi connectivity index (χ0) is 13.8. The van der Waals surface area contributed by atoms with Crippen molar-refractivity contribution in [1.29, 1.82) is 0 Å². The van der Waals surface area contributed by atoms with Crippen molar-refractivity contribution in [2.75, 3.05) is 6.54 Å². The number of carbonyl (C=O) groups excluding carboxylic acids is 1. The number of halogens is 1. The van der Waals surface area contributed by atoms with Gasteiger partial charge in [0.2, 0.25) is 0 Å². The van der Waals surface area contributed by atoms with Gasteiger partial charge in [-0.15, -0.1) is 0 Å². The highest BCUT2D eigenvalue weighted by molar-refractivity contribution is 5.83. The number of amides is 2. The van der Waals surface area contributed by atoms with Gasteiger partial charge in [0, 0.05) is 18.7 Å². The molecule has 1 aliphatic rings. The van der Waals surface area contributed by atoms with Gasteiger partial charge < -0.3 is 15.3 Å². The number of likely N-dealkylation sites (tertiary alicyclic amines) is 1. The lowest BCUT2D eigenvalue weighted by atomic mass is 10.2. The van der Waals surface area contributed by atoms with E-state index >= 15 is 0 Å². The number of urea groups is 1. The van der Waals surface area contributed by atoms with E-state index < -0.39 is 18.0 Å². The summed E-state index contributed by atoms with van der Waals surface area (Å²) in [5.74, 6) is -1.39. The topological polar surface area (TPSA) is 69.6 Å². The molecule has 0 radical (unpaired) electrons. The monoisotopic (exact) mass is 266 g/mol. The van der Waals surface area contributed by atoms with Gasteiger partial charge in [0.15, 0.2) is 0 Å². The maximum absolute atomic E-state index is 13.4. The fraction of sp³-hybridized carbons (Fsp3) is 0.385. The van der Waals surface area contributed by atoms with Gasteiger partial charge >= 0.3 is 12.0 Å². The van der Waals surface area contributed by atoms with E-state index in [1.54, 1.807) is 18.2 Å². The molecule has 6 heteroatoms. The van der Waals surface area contributed by atoms with Gasteiger partial charge in [-0.25, -0.2) is 14.0 Å². The van der Waals surface area contributed by atoms with Crippen molar-refractivity contribution in [3.05, 3.63) is 35.6 Å². The van der Waals surface area contributed by atoms with E-state index in [1.165, 1.54) is 11.0 Å². The van der Waals surface area contributed by atoms with Crippen LogP contribution in [0.25, 0.3) is 0 Å². The maximum Gasteiger partial charge on any atom is 0.326 e. The van der Waals surface area contributed by atoms with Gasteiger partial charge in [0.1, 0.15) is 11.9 Å². The fourth-order valence-electron chi connectivity index (χ4n) is 2.18. The summed E-state index contributed by atoms with van der Waals surface area (Å²) in [6, 6.07) is 4.90. The van der Waals surface area contributed by atoms with E-state index in [2.05, 4.69) is 5.32 Å². The van der Waals surface area contributed by atoms with E-state index in [9.17, 15) is 14.0 Å². The first kappa shape index (κ1) is 13.3. The first-order valence-corrected chi connectivity index (χ1v) is 6.10. The predicted molar refractivity (Wildman–Crippen MR) is 66.0 cm³/mol. The van der Waals surface area contributed by atoms with Gasteiger partial charge in [0.05, 0.1) is 0 Å². The molecule has 19 heavy (non-hydrogen) atoms. The summed E-state index contributed by atoms with van der Waals surface area (Å²) < 4.78 is 13.4. The molecule has 0 saturated carbocycles. The molecule has 0 unspecified atom stereocenters. The molecular formula is C13H15FN2O3. The van der Waals surface area contributed by atoms with Crippen LogP contribution in [0.3, 0.4) is 0 Å². The average molecular weight is 266 g/mol. The summed E-state index contributed by atoms with van der Waals surface area (Å²) in [4.78, 5) is 24.1. The Morgan fingerprint density at radius 2 is 2.16 bits per heavy atom. The van der Waals surface area contributed by atoms with E-state index in [0.717, 1.165) is 0 Å². The minimum atomic E-state index is -1.00. The van der Waals surface area contributed by atoms with Crippen molar-refractivity contribution in [2.45, 2.75) is 25.4 Å². The van der Waals surface area contributed by atoms with Crippen molar-refractivity contribution in [1.82, 2.24) is 10.2 Å². The van der Waals surface area contributed by atoms with E-state index in [4.69, 9.17) is 5.11 Å². The highest BCUT2D eigenvalue weighted by atomic mass is 19.1. The molecular weight excluding hydrogens is 251 g/mol. The molecule has 2 amide bonds. The number of nitrogens with zero attached hydrogens (tertiary/aromatic N) is 1. The zero-order valence-corrected chi connectivity index (χ0v) is 10.3. The van der Waals surface area contributed by atoms with Crippen LogP contribution in [0.2, 0.25) is 0 Å². The number of carboxylic acid groups (broad SMARTS) is 1. The highest BCUT2D eigenvalue weighted by Gasteiger charge is 2.33. The average Bonchev–Trinajstić information content (AvgIpc) is 2.87. The summed E-state index contributed by atoms with van der Waals surface area (Å²) in [5, 5.41) is 11.5. The first-order valence-electron chi connectivity index (χ1n) is 6.10. The van der Waals surface area contributed by atoms with Crippen LogP contribution in [0, 0.1) is 5.82 Å². The summed E-state index contributed by atoms with van der Waals surface area (Å²) >= 11 is 0. The number of nitrogens with one attached hydrogen (secondary N) is 1. The highest BCUT2D eigenvalue weighted by Crippen LogP contribution is 2.17. The molecule has 1 heterocycles. The van der Waals surface area contributed by atoms with Crippen LogP contribution in [0.15, 0.2) is 24.3 Å². The van der Waals surface area contributed by atoms with Gasteiger partial charge in [-0.05, 0) is 18.9 Å². The molecule has 5 nitrogen and oxygen atoms in total. The number of hydrogen-bond donors (Lipinski definition) is 2. The second-order valence-corrected chi connectivity index (χ2v) is 4.44. The molecule has 1 aromatic rings. The molecule has 0 bridgehead atoms. The van der Waals surface area contributed by atoms with Crippen molar-refractivity contribution in [3.8, 4) is 0 Å². The molecule has 0 spiro atoms. The Morgan fingerprint density at radius 1 is 1.42 bits per heavy atom. The van der Waals surface area contributed by atoms with Crippen molar-refractivity contribution in [2.24, 2.45) is 0 Å². The number of rotatable bonds is 3. The SMILES string of the molecule is O=C(O)[C@@H]1CCCN1C(=O)NCc1ccccc1F. The van der Waals surface area contributed by atoms with E-state index in [1.807, 2.05) is 0 Å². The molecule has 1 aliphatic heterocycles. The van der Waals surface area contributed by atoms with Crippen molar-refractivity contribution >= 4 is 12.0 Å². The number of benzene rings is 1. The first-order chi connectivity index (χ1) is 9.09. The van der Waals surface area contributed by atoms with Crippen LogP contribution >= 0.6 is 0 Å². The quantitative estimate of drug-likeness (QED) is 0.872. The third kappa shape index (κ3) is 3.01. The second kappa shape index (κ2) is 5.69. The van der Waals surface area contributed by atoms with E-state index in [0.29, 0.717) is 24.9 Å². The molecule has 0 aromatic heterocycles. The lowest BCUT2D eigenvalue weighted by Gasteiger charge is -2.21. The van der Waals surface area contributed by atoms with Gasteiger partial charge in [0.25, 0.3) is 0 Å². The molecule has 1 saturated heterocycles. The Bertz CT molecular complexity index is 493. The predicted octanol–water partition coefficient (Wildman–Crippen LogP) is 1.58. The lowest BCUT2D eigenvalue weighted by molar-refractivity contribution is -0.141. The standard InChI is InChI=1S/C13H15FN2O3/c14-10-5-2-1-4-9(10)8-15-13(19)16-7-3-6-11(16)12(17)18/h1-2,4-5,11H,3,6-8H2,(H,15,19)(H,17,18)/t11-/m0/s1. The minimum absolute atomic E-state index is 0.0499.